The molecule has 1 aromatic carbocycles. The number of rotatable bonds is 4. The minimum Gasteiger partial charge on any atom is -0.367 e. The van der Waals surface area contributed by atoms with Gasteiger partial charge in [-0.15, -0.1) is 0 Å². The van der Waals surface area contributed by atoms with E-state index in [0.29, 0.717) is 18.9 Å². The summed E-state index contributed by atoms with van der Waals surface area (Å²) in [6.45, 7) is 12.9. The minimum absolute atomic E-state index is 0.541. The van der Waals surface area contributed by atoms with Crippen LogP contribution in [0.4, 0.5) is 11.4 Å². The van der Waals surface area contributed by atoms with Crippen LogP contribution < -0.4 is 10.2 Å². The number of nitrogens with zero attached hydrogens (tertiary/aromatic N) is 5. The first-order chi connectivity index (χ1) is 16.4. The fourth-order valence-electron chi connectivity index (χ4n) is 5.01. The standard InChI is InChI=1S/C27H32N6S/c1-5-32-8-9-33(16-18(32)3)22-11-20(19(4)28-15-22)12-25-29-14-21-13-26(34)30-24-10-17(2)6-7-23(24)27(21)31-25/h6-7,10-11,14-15,18H,5,8-9,12-13,16H2,1-4H3,(H,30,34)/t18-/m0/s1. The number of hydrogen-bond donors (Lipinski definition) is 1. The third-order valence-corrected chi connectivity index (χ3v) is 7.28. The van der Waals surface area contributed by atoms with E-state index in [9.17, 15) is 0 Å². The van der Waals surface area contributed by atoms with Crippen LogP contribution >= 0.6 is 12.2 Å². The van der Waals surface area contributed by atoms with E-state index in [1.54, 1.807) is 0 Å². The van der Waals surface area contributed by atoms with Crippen LogP contribution in [0.5, 0.6) is 0 Å². The molecular weight excluding hydrogens is 440 g/mol. The maximum Gasteiger partial charge on any atom is 0.133 e. The van der Waals surface area contributed by atoms with Crippen LogP contribution in [0, 0.1) is 13.8 Å². The third-order valence-electron chi connectivity index (χ3n) is 7.03. The van der Waals surface area contributed by atoms with Crippen LogP contribution in [0.25, 0.3) is 11.3 Å². The van der Waals surface area contributed by atoms with Gasteiger partial charge in [-0.25, -0.2) is 9.97 Å². The number of aryl methyl sites for hydroxylation is 2. The summed E-state index contributed by atoms with van der Waals surface area (Å²) in [6, 6.07) is 9.21. The predicted molar refractivity (Wildman–Crippen MR) is 143 cm³/mol. The lowest BCUT2D eigenvalue weighted by Gasteiger charge is -2.40. The van der Waals surface area contributed by atoms with Crippen molar-refractivity contribution in [1.82, 2.24) is 19.9 Å². The summed E-state index contributed by atoms with van der Waals surface area (Å²) in [4.78, 5) is 20.3. The lowest BCUT2D eigenvalue weighted by molar-refractivity contribution is 0.199. The molecule has 34 heavy (non-hydrogen) atoms. The van der Waals surface area contributed by atoms with Gasteiger partial charge in [-0.2, -0.15) is 0 Å². The summed E-state index contributed by atoms with van der Waals surface area (Å²) in [7, 11) is 0. The number of nitrogens with one attached hydrogen (secondary N) is 1. The Labute approximate surface area is 207 Å². The molecule has 0 amide bonds. The van der Waals surface area contributed by atoms with E-state index >= 15 is 0 Å². The molecule has 1 atom stereocenters. The van der Waals surface area contributed by atoms with Crippen LogP contribution in [0.2, 0.25) is 0 Å². The Kier molecular flexibility index (Phi) is 6.32. The van der Waals surface area contributed by atoms with E-state index in [2.05, 4.69) is 67.1 Å². The Bertz CT molecular complexity index is 1240. The molecule has 0 aliphatic carbocycles. The fourth-order valence-corrected chi connectivity index (χ4v) is 5.28. The van der Waals surface area contributed by atoms with E-state index < -0.39 is 0 Å². The zero-order chi connectivity index (χ0) is 23.8. The van der Waals surface area contributed by atoms with E-state index in [1.165, 1.54) is 16.8 Å². The van der Waals surface area contributed by atoms with Gasteiger partial charge in [0.2, 0.25) is 0 Å². The molecule has 0 unspecified atom stereocenters. The lowest BCUT2D eigenvalue weighted by atomic mass is 10.0. The van der Waals surface area contributed by atoms with E-state index in [4.69, 9.17) is 27.2 Å². The number of anilines is 2. The fraction of sp³-hybridized carbons (Fsp3) is 0.407. The van der Waals surface area contributed by atoms with Gasteiger partial charge in [-0.3, -0.25) is 9.88 Å². The molecule has 0 radical (unpaired) electrons. The van der Waals surface area contributed by atoms with E-state index in [0.717, 1.165) is 65.2 Å². The number of likely N-dealkylation sites (N-methyl/N-ethyl adjacent to an activating group) is 1. The van der Waals surface area contributed by atoms with E-state index in [1.807, 2.05) is 12.4 Å². The smallest absolute Gasteiger partial charge is 0.133 e. The maximum absolute atomic E-state index is 5.56. The first kappa shape index (κ1) is 22.9. The van der Waals surface area contributed by atoms with E-state index in [-0.39, 0.29) is 0 Å². The van der Waals surface area contributed by atoms with Crippen LogP contribution in [-0.2, 0) is 12.8 Å². The number of pyridine rings is 1. The molecule has 3 aromatic rings. The Morgan fingerprint density at radius 3 is 2.76 bits per heavy atom. The highest BCUT2D eigenvalue weighted by molar-refractivity contribution is 7.80. The van der Waals surface area contributed by atoms with Gasteiger partial charge in [0.1, 0.15) is 5.82 Å². The summed E-state index contributed by atoms with van der Waals surface area (Å²) in [5.74, 6) is 0.810. The van der Waals surface area contributed by atoms with Gasteiger partial charge in [-0.05, 0) is 50.6 Å². The van der Waals surface area contributed by atoms with Gasteiger partial charge in [0.15, 0.2) is 0 Å². The second-order valence-electron chi connectivity index (χ2n) is 9.47. The topological polar surface area (TPSA) is 57.2 Å². The van der Waals surface area contributed by atoms with Gasteiger partial charge in [0.05, 0.1) is 22.6 Å². The molecule has 0 spiro atoms. The number of piperazine rings is 1. The average molecular weight is 473 g/mol. The van der Waals surface area contributed by atoms with Crippen molar-refractivity contribution in [2.24, 2.45) is 0 Å². The number of fused-ring (bicyclic) bond motifs is 3. The van der Waals surface area contributed by atoms with Gasteiger partial charge >= 0.3 is 0 Å². The predicted octanol–water partition coefficient (Wildman–Crippen LogP) is 4.57. The Balaban J connectivity index is 1.44. The molecule has 1 fully saturated rings. The van der Waals surface area contributed by atoms with Gasteiger partial charge in [0.25, 0.3) is 0 Å². The molecule has 4 heterocycles. The highest BCUT2D eigenvalue weighted by Crippen LogP contribution is 2.33. The monoisotopic (exact) mass is 472 g/mol. The normalized spacial score (nSPS) is 18.2. The number of thiocarbonyl (C=S) groups is 1. The maximum atomic E-state index is 5.56. The van der Waals surface area contributed by atoms with Crippen molar-refractivity contribution in [3.05, 3.63) is 64.9 Å². The van der Waals surface area contributed by atoms with Crippen molar-refractivity contribution < 1.29 is 0 Å². The van der Waals surface area contributed by atoms with Crippen molar-refractivity contribution in [3.8, 4) is 11.3 Å². The molecule has 7 heteroatoms. The van der Waals surface area contributed by atoms with Crippen molar-refractivity contribution >= 4 is 28.6 Å². The zero-order valence-electron chi connectivity index (χ0n) is 20.4. The third kappa shape index (κ3) is 4.55. The zero-order valence-corrected chi connectivity index (χ0v) is 21.2. The summed E-state index contributed by atoms with van der Waals surface area (Å²) >= 11 is 5.56. The van der Waals surface area contributed by atoms with Crippen LogP contribution in [0.3, 0.4) is 0 Å². The van der Waals surface area contributed by atoms with Crippen molar-refractivity contribution in [1.29, 1.82) is 0 Å². The molecule has 0 saturated carbocycles. The molecule has 6 nitrogen and oxygen atoms in total. The largest absolute Gasteiger partial charge is 0.367 e. The Hall–Kier alpha value is -2.90. The van der Waals surface area contributed by atoms with Crippen LogP contribution in [-0.4, -0.2) is 57.1 Å². The highest BCUT2D eigenvalue weighted by Gasteiger charge is 2.24. The first-order valence-electron chi connectivity index (χ1n) is 12.1. The molecule has 5 rings (SSSR count). The highest BCUT2D eigenvalue weighted by atomic mass is 32.1. The Morgan fingerprint density at radius 1 is 1.12 bits per heavy atom. The van der Waals surface area contributed by atoms with Crippen molar-refractivity contribution in [2.45, 2.75) is 46.6 Å². The Morgan fingerprint density at radius 2 is 1.97 bits per heavy atom. The van der Waals surface area contributed by atoms with Crippen molar-refractivity contribution in [3.63, 3.8) is 0 Å². The second kappa shape index (κ2) is 9.39. The molecule has 2 aromatic heterocycles. The molecule has 0 bridgehead atoms. The SMILES string of the molecule is CCN1CCN(c2cnc(C)c(Cc3ncc4c(n3)-c3ccc(C)cc3NC(=S)C4)c2)C[C@@H]1C. The van der Waals surface area contributed by atoms with Gasteiger partial charge < -0.3 is 10.2 Å². The lowest BCUT2D eigenvalue weighted by Crippen LogP contribution is -2.51. The summed E-state index contributed by atoms with van der Waals surface area (Å²) in [5, 5.41) is 3.39. The van der Waals surface area contributed by atoms with Crippen LogP contribution in [0.15, 0.2) is 36.7 Å². The molecule has 2 aliphatic rings. The number of aromatic nitrogens is 3. The number of benzene rings is 1. The van der Waals surface area contributed by atoms with Crippen molar-refractivity contribution in [2.75, 3.05) is 36.4 Å². The summed E-state index contributed by atoms with van der Waals surface area (Å²) < 4.78 is 0. The molecule has 1 saturated heterocycles. The van der Waals surface area contributed by atoms with Gasteiger partial charge in [0, 0.05) is 67.2 Å². The minimum atomic E-state index is 0.541. The molecular formula is C27H32N6S. The average Bonchev–Trinajstić information content (AvgIpc) is 2.95. The van der Waals surface area contributed by atoms with Crippen LogP contribution in [0.1, 0.15) is 42.1 Å². The first-order valence-corrected chi connectivity index (χ1v) is 12.5. The molecule has 1 N–H and O–H groups in total. The van der Waals surface area contributed by atoms with Gasteiger partial charge in [-0.1, -0.05) is 31.3 Å². The summed E-state index contributed by atoms with van der Waals surface area (Å²) in [5.41, 5.74) is 8.72. The molecule has 176 valence electrons. The summed E-state index contributed by atoms with van der Waals surface area (Å²) in [6.07, 6.45) is 5.26. The molecule has 2 aliphatic heterocycles. The number of hydrogen-bond acceptors (Lipinski definition) is 6. The quantitative estimate of drug-likeness (QED) is 0.558. The second-order valence-corrected chi connectivity index (χ2v) is 9.97.